The van der Waals surface area contributed by atoms with E-state index in [1.807, 2.05) is 45.0 Å². The number of rotatable bonds is 7. The van der Waals surface area contributed by atoms with Crippen molar-refractivity contribution in [3.05, 3.63) is 35.4 Å². The third-order valence-corrected chi connectivity index (χ3v) is 3.58. The highest BCUT2D eigenvalue weighted by Crippen LogP contribution is 2.14. The third-order valence-electron chi connectivity index (χ3n) is 3.58. The summed E-state index contributed by atoms with van der Waals surface area (Å²) in [5.41, 5.74) is 2.22. The van der Waals surface area contributed by atoms with Gasteiger partial charge in [-0.25, -0.2) is 0 Å². The van der Waals surface area contributed by atoms with Crippen LogP contribution in [0, 0.1) is 6.92 Å². The molecule has 0 bridgehead atoms. The summed E-state index contributed by atoms with van der Waals surface area (Å²) in [6.45, 7) is 8.71. The van der Waals surface area contributed by atoms with E-state index in [4.69, 9.17) is 0 Å². The highest BCUT2D eigenvalue weighted by atomic mass is 16.2. The lowest BCUT2D eigenvalue weighted by Crippen LogP contribution is -2.47. The number of nitrogens with one attached hydrogen (secondary N) is 1. The maximum absolute atomic E-state index is 12.4. The molecule has 0 heterocycles. The first-order valence-electron chi connectivity index (χ1n) is 7.62. The Bertz CT molecular complexity index is 485. The Morgan fingerprint density at radius 1 is 1.24 bits per heavy atom. The van der Waals surface area contributed by atoms with Crippen molar-refractivity contribution in [3.63, 3.8) is 0 Å². The largest absolute Gasteiger partial charge is 0.355 e. The number of carbonyl (C=O) groups is 2. The van der Waals surface area contributed by atoms with Crippen LogP contribution in [0.4, 0.5) is 0 Å². The number of nitrogens with zero attached hydrogens (tertiary/aromatic N) is 1. The van der Waals surface area contributed by atoms with Crippen LogP contribution in [0.1, 0.15) is 44.7 Å². The van der Waals surface area contributed by atoms with E-state index >= 15 is 0 Å². The van der Waals surface area contributed by atoms with Gasteiger partial charge in [0.05, 0.1) is 0 Å². The Morgan fingerprint density at radius 3 is 2.48 bits per heavy atom. The lowest BCUT2D eigenvalue weighted by Gasteiger charge is -2.29. The van der Waals surface area contributed by atoms with E-state index < -0.39 is 6.04 Å². The van der Waals surface area contributed by atoms with Crippen LogP contribution in [0.15, 0.2) is 24.3 Å². The first kappa shape index (κ1) is 17.2. The summed E-state index contributed by atoms with van der Waals surface area (Å²) in [6, 6.07) is 7.51. The second-order valence-corrected chi connectivity index (χ2v) is 5.27. The standard InChI is InChI=1S/C17H26N2O2/c1-5-9-16(20)19(14(4)17(21)18-6-2)12-15-11-8-7-10-13(15)3/h7-8,10-11,14H,5-6,9,12H2,1-4H3,(H,18,21)/t14-/m1/s1. The topological polar surface area (TPSA) is 49.4 Å². The van der Waals surface area contributed by atoms with Gasteiger partial charge in [-0.1, -0.05) is 31.2 Å². The first-order chi connectivity index (χ1) is 10.0. The van der Waals surface area contributed by atoms with Crippen molar-refractivity contribution in [1.29, 1.82) is 0 Å². The summed E-state index contributed by atoms with van der Waals surface area (Å²) in [4.78, 5) is 26.1. The number of benzene rings is 1. The molecule has 1 atom stereocenters. The van der Waals surface area contributed by atoms with Gasteiger partial charge >= 0.3 is 0 Å². The van der Waals surface area contributed by atoms with Crippen molar-refractivity contribution in [2.24, 2.45) is 0 Å². The molecular formula is C17H26N2O2. The summed E-state index contributed by atoms with van der Waals surface area (Å²) in [6.07, 6.45) is 1.25. The quantitative estimate of drug-likeness (QED) is 0.839. The van der Waals surface area contributed by atoms with Gasteiger partial charge in [0.1, 0.15) is 6.04 Å². The van der Waals surface area contributed by atoms with Crippen molar-refractivity contribution in [2.75, 3.05) is 6.54 Å². The molecule has 0 aliphatic heterocycles. The van der Waals surface area contributed by atoms with Crippen molar-refractivity contribution >= 4 is 11.8 Å². The van der Waals surface area contributed by atoms with E-state index in [1.54, 1.807) is 11.8 Å². The lowest BCUT2D eigenvalue weighted by molar-refractivity contribution is -0.140. The van der Waals surface area contributed by atoms with Gasteiger partial charge in [-0.15, -0.1) is 0 Å². The van der Waals surface area contributed by atoms with Gasteiger partial charge < -0.3 is 10.2 Å². The smallest absolute Gasteiger partial charge is 0.242 e. The normalized spacial score (nSPS) is 11.8. The minimum absolute atomic E-state index is 0.0273. The average molecular weight is 290 g/mol. The molecule has 1 aromatic carbocycles. The van der Waals surface area contributed by atoms with Gasteiger partial charge in [0.25, 0.3) is 0 Å². The summed E-state index contributed by atoms with van der Waals surface area (Å²) in [5, 5.41) is 2.79. The summed E-state index contributed by atoms with van der Waals surface area (Å²) in [5.74, 6) is -0.0740. The molecule has 0 aliphatic rings. The molecule has 0 aromatic heterocycles. The Hall–Kier alpha value is -1.84. The molecule has 0 radical (unpaired) electrons. The van der Waals surface area contributed by atoms with Crippen LogP contribution >= 0.6 is 0 Å². The van der Waals surface area contributed by atoms with Crippen LogP contribution in [-0.4, -0.2) is 29.3 Å². The van der Waals surface area contributed by atoms with E-state index in [0.717, 1.165) is 17.5 Å². The predicted molar refractivity (Wildman–Crippen MR) is 84.8 cm³/mol. The van der Waals surface area contributed by atoms with E-state index in [2.05, 4.69) is 5.32 Å². The number of hydrogen-bond acceptors (Lipinski definition) is 2. The molecule has 1 N–H and O–H groups in total. The van der Waals surface area contributed by atoms with Gasteiger partial charge in [-0.3, -0.25) is 9.59 Å². The molecule has 0 spiro atoms. The van der Waals surface area contributed by atoms with Crippen molar-refractivity contribution < 1.29 is 9.59 Å². The lowest BCUT2D eigenvalue weighted by atomic mass is 10.1. The fourth-order valence-electron chi connectivity index (χ4n) is 2.23. The maximum atomic E-state index is 12.4. The molecular weight excluding hydrogens is 264 g/mol. The van der Waals surface area contributed by atoms with Gasteiger partial charge in [-0.2, -0.15) is 0 Å². The number of amides is 2. The molecule has 1 aromatic rings. The van der Waals surface area contributed by atoms with E-state index in [-0.39, 0.29) is 11.8 Å². The maximum Gasteiger partial charge on any atom is 0.242 e. The molecule has 2 amide bonds. The fourth-order valence-corrected chi connectivity index (χ4v) is 2.23. The number of hydrogen-bond donors (Lipinski definition) is 1. The zero-order chi connectivity index (χ0) is 15.8. The van der Waals surface area contributed by atoms with Gasteiger partial charge in [0.15, 0.2) is 0 Å². The molecule has 0 saturated carbocycles. The van der Waals surface area contributed by atoms with Gasteiger partial charge in [0.2, 0.25) is 11.8 Å². The van der Waals surface area contributed by atoms with Crippen LogP contribution in [0.2, 0.25) is 0 Å². The van der Waals surface area contributed by atoms with Crippen LogP contribution in [-0.2, 0) is 16.1 Å². The highest BCUT2D eigenvalue weighted by molar-refractivity contribution is 5.87. The Balaban J connectivity index is 2.94. The summed E-state index contributed by atoms with van der Waals surface area (Å²) in [7, 11) is 0. The molecule has 116 valence electrons. The van der Waals surface area contributed by atoms with Crippen LogP contribution in [0.5, 0.6) is 0 Å². The molecule has 4 heteroatoms. The number of carbonyl (C=O) groups excluding carboxylic acids is 2. The van der Waals surface area contributed by atoms with Crippen LogP contribution in [0.3, 0.4) is 0 Å². The SMILES string of the molecule is CCCC(=O)N(Cc1ccccc1C)[C@H](C)C(=O)NCC. The zero-order valence-electron chi connectivity index (χ0n) is 13.5. The van der Waals surface area contributed by atoms with Crippen molar-refractivity contribution in [2.45, 2.75) is 53.1 Å². The number of aryl methyl sites for hydroxylation is 1. The highest BCUT2D eigenvalue weighted by Gasteiger charge is 2.25. The Kier molecular flexibility index (Phi) is 6.92. The molecule has 1 rings (SSSR count). The van der Waals surface area contributed by atoms with Gasteiger partial charge in [-0.05, 0) is 38.3 Å². The van der Waals surface area contributed by atoms with E-state index in [9.17, 15) is 9.59 Å². The first-order valence-corrected chi connectivity index (χ1v) is 7.62. The third kappa shape index (κ3) is 4.88. The Labute approximate surface area is 127 Å². The Morgan fingerprint density at radius 2 is 1.90 bits per heavy atom. The number of likely N-dealkylation sites (N-methyl/N-ethyl adjacent to an activating group) is 1. The van der Waals surface area contributed by atoms with Crippen LogP contribution < -0.4 is 5.32 Å². The van der Waals surface area contributed by atoms with Gasteiger partial charge in [0, 0.05) is 19.5 Å². The van der Waals surface area contributed by atoms with Crippen LogP contribution in [0.25, 0.3) is 0 Å². The molecule has 4 nitrogen and oxygen atoms in total. The minimum Gasteiger partial charge on any atom is -0.355 e. The molecule has 21 heavy (non-hydrogen) atoms. The second kappa shape index (κ2) is 8.45. The summed E-state index contributed by atoms with van der Waals surface area (Å²) >= 11 is 0. The monoisotopic (exact) mass is 290 g/mol. The predicted octanol–water partition coefficient (Wildman–Crippen LogP) is 2.65. The molecule has 0 saturated heterocycles. The van der Waals surface area contributed by atoms with E-state index in [1.165, 1.54) is 0 Å². The van der Waals surface area contributed by atoms with E-state index in [0.29, 0.717) is 19.5 Å². The summed E-state index contributed by atoms with van der Waals surface area (Å²) < 4.78 is 0. The average Bonchev–Trinajstić information content (AvgIpc) is 2.46. The molecule has 0 unspecified atom stereocenters. The molecule has 0 fully saturated rings. The second-order valence-electron chi connectivity index (χ2n) is 5.27. The molecule has 0 aliphatic carbocycles. The fraction of sp³-hybridized carbons (Fsp3) is 0.529. The van der Waals surface area contributed by atoms with Crippen molar-refractivity contribution in [1.82, 2.24) is 10.2 Å². The minimum atomic E-state index is -0.455. The zero-order valence-corrected chi connectivity index (χ0v) is 13.5. The van der Waals surface area contributed by atoms with Crippen molar-refractivity contribution in [3.8, 4) is 0 Å².